The van der Waals surface area contributed by atoms with Crippen molar-refractivity contribution < 1.29 is 4.79 Å². The van der Waals surface area contributed by atoms with E-state index in [0.717, 1.165) is 37.2 Å². The van der Waals surface area contributed by atoms with Crippen LogP contribution in [0.2, 0.25) is 0 Å². The summed E-state index contributed by atoms with van der Waals surface area (Å²) in [6.45, 7) is 8.06. The smallest absolute Gasteiger partial charge is 0.258 e. The lowest BCUT2D eigenvalue weighted by Crippen LogP contribution is -2.42. The molecule has 0 saturated carbocycles. The summed E-state index contributed by atoms with van der Waals surface area (Å²) < 4.78 is 1.50. The van der Waals surface area contributed by atoms with Crippen molar-refractivity contribution in [1.29, 1.82) is 0 Å². The van der Waals surface area contributed by atoms with E-state index in [4.69, 9.17) is 0 Å². The summed E-state index contributed by atoms with van der Waals surface area (Å²) in [5.74, 6) is 0.461. The zero-order valence-electron chi connectivity index (χ0n) is 16.4. The van der Waals surface area contributed by atoms with Crippen molar-refractivity contribution in [1.82, 2.24) is 19.8 Å². The average molecular weight is 368 g/mol. The van der Waals surface area contributed by atoms with Crippen LogP contribution in [0, 0.1) is 6.92 Å². The molecule has 2 aromatic rings. The van der Waals surface area contributed by atoms with Gasteiger partial charge in [0, 0.05) is 32.1 Å². The van der Waals surface area contributed by atoms with E-state index in [1.807, 2.05) is 32.0 Å². The molecule has 0 bridgehead atoms. The Labute approximate surface area is 160 Å². The van der Waals surface area contributed by atoms with Crippen molar-refractivity contribution in [3.63, 3.8) is 0 Å². The average Bonchev–Trinajstić information content (AvgIpc) is 2.66. The quantitative estimate of drug-likeness (QED) is 0.847. The summed E-state index contributed by atoms with van der Waals surface area (Å²) in [5, 5.41) is 2.92. The first-order chi connectivity index (χ1) is 13.0. The van der Waals surface area contributed by atoms with Gasteiger partial charge in [-0.05, 0) is 25.8 Å². The molecule has 2 heterocycles. The second-order valence-corrected chi connectivity index (χ2v) is 7.30. The number of benzene rings is 1. The number of amides is 1. The van der Waals surface area contributed by atoms with E-state index in [1.165, 1.54) is 10.1 Å². The number of nitrogens with one attached hydrogen (secondary N) is 1. The van der Waals surface area contributed by atoms with E-state index in [2.05, 4.69) is 27.3 Å². The summed E-state index contributed by atoms with van der Waals surface area (Å²) in [6.07, 6.45) is 1.62. The van der Waals surface area contributed by atoms with Crippen LogP contribution in [0.1, 0.15) is 42.9 Å². The van der Waals surface area contributed by atoms with Crippen molar-refractivity contribution in [2.24, 2.45) is 0 Å². The van der Waals surface area contributed by atoms with E-state index in [-0.39, 0.29) is 24.1 Å². The maximum atomic E-state index is 13.0. The predicted octanol–water partition coefficient (Wildman–Crippen LogP) is 2.02. The summed E-state index contributed by atoms with van der Waals surface area (Å²) >= 11 is 0. The monoisotopic (exact) mass is 368 g/mol. The highest BCUT2D eigenvalue weighted by molar-refractivity contribution is 5.76. The Hall–Kier alpha value is -2.47. The van der Waals surface area contributed by atoms with Gasteiger partial charge in [0.25, 0.3) is 5.56 Å². The lowest BCUT2D eigenvalue weighted by molar-refractivity contribution is -0.122. The number of hydrogen-bond acceptors (Lipinski definition) is 4. The molecule has 1 aromatic carbocycles. The van der Waals surface area contributed by atoms with Gasteiger partial charge in [0.1, 0.15) is 12.4 Å². The minimum atomic E-state index is -0.145. The van der Waals surface area contributed by atoms with Crippen LogP contribution in [-0.2, 0) is 30.8 Å². The van der Waals surface area contributed by atoms with Gasteiger partial charge in [-0.15, -0.1) is 0 Å². The third-order valence-corrected chi connectivity index (χ3v) is 5.16. The molecule has 144 valence electrons. The zero-order valence-corrected chi connectivity index (χ0v) is 16.4. The standard InChI is InChI=1S/C21H28N4O2/c1-4-15(2)22-20(26)14-25-16(3)23-19-10-11-24(13-18(19)21(25)27)12-17-8-6-5-7-9-17/h5-9,15H,4,10-14H2,1-3H3,(H,22,26)/t15-/m1/s1. The Kier molecular flexibility index (Phi) is 6.06. The fraction of sp³-hybridized carbons (Fsp3) is 0.476. The number of carbonyl (C=O) groups excluding carboxylic acids is 1. The van der Waals surface area contributed by atoms with E-state index < -0.39 is 0 Å². The molecule has 0 spiro atoms. The van der Waals surface area contributed by atoms with Crippen molar-refractivity contribution in [3.8, 4) is 0 Å². The van der Waals surface area contributed by atoms with Crippen LogP contribution in [0.25, 0.3) is 0 Å². The molecule has 1 N–H and O–H groups in total. The molecule has 6 heteroatoms. The number of aryl methyl sites for hydroxylation is 1. The molecule has 1 aromatic heterocycles. The Morgan fingerprint density at radius 1 is 1.30 bits per heavy atom. The molecule has 1 atom stereocenters. The largest absolute Gasteiger partial charge is 0.352 e. The fourth-order valence-corrected chi connectivity index (χ4v) is 3.42. The first-order valence-electron chi connectivity index (χ1n) is 9.62. The normalized spacial score (nSPS) is 15.2. The molecule has 0 saturated heterocycles. The summed E-state index contributed by atoms with van der Waals surface area (Å²) in [7, 11) is 0. The van der Waals surface area contributed by atoms with Crippen LogP contribution in [-0.4, -0.2) is 32.9 Å². The van der Waals surface area contributed by atoms with E-state index in [1.54, 1.807) is 6.92 Å². The number of aromatic nitrogens is 2. The lowest BCUT2D eigenvalue weighted by Gasteiger charge is -2.28. The maximum Gasteiger partial charge on any atom is 0.258 e. The highest BCUT2D eigenvalue weighted by Crippen LogP contribution is 2.17. The molecule has 27 heavy (non-hydrogen) atoms. The highest BCUT2D eigenvalue weighted by Gasteiger charge is 2.23. The van der Waals surface area contributed by atoms with Gasteiger partial charge < -0.3 is 5.32 Å². The maximum absolute atomic E-state index is 13.0. The Morgan fingerprint density at radius 2 is 2.04 bits per heavy atom. The topological polar surface area (TPSA) is 67.2 Å². The molecule has 0 aliphatic carbocycles. The Morgan fingerprint density at radius 3 is 2.74 bits per heavy atom. The van der Waals surface area contributed by atoms with Crippen LogP contribution in [0.5, 0.6) is 0 Å². The van der Waals surface area contributed by atoms with Gasteiger partial charge in [-0.2, -0.15) is 0 Å². The van der Waals surface area contributed by atoms with Gasteiger partial charge in [-0.3, -0.25) is 19.1 Å². The van der Waals surface area contributed by atoms with Crippen LogP contribution < -0.4 is 10.9 Å². The first kappa shape index (κ1) is 19.3. The molecule has 6 nitrogen and oxygen atoms in total. The number of hydrogen-bond donors (Lipinski definition) is 1. The first-order valence-corrected chi connectivity index (χ1v) is 9.62. The lowest BCUT2D eigenvalue weighted by atomic mass is 10.1. The van der Waals surface area contributed by atoms with Crippen LogP contribution in [0.3, 0.4) is 0 Å². The van der Waals surface area contributed by atoms with Gasteiger partial charge in [0.2, 0.25) is 5.91 Å². The molecule has 1 aliphatic heterocycles. The van der Waals surface area contributed by atoms with Crippen molar-refractivity contribution in [3.05, 3.63) is 63.3 Å². The Bertz CT molecular complexity index is 860. The summed E-state index contributed by atoms with van der Waals surface area (Å²) in [5.41, 5.74) is 2.74. The van der Waals surface area contributed by atoms with Gasteiger partial charge in [-0.1, -0.05) is 37.3 Å². The van der Waals surface area contributed by atoms with Gasteiger partial charge in [0.05, 0.1) is 11.3 Å². The second-order valence-electron chi connectivity index (χ2n) is 7.30. The summed E-state index contributed by atoms with van der Waals surface area (Å²) in [4.78, 5) is 32.2. The molecule has 1 amide bonds. The summed E-state index contributed by atoms with van der Waals surface area (Å²) in [6, 6.07) is 10.4. The van der Waals surface area contributed by atoms with E-state index in [9.17, 15) is 9.59 Å². The molecule has 1 aliphatic rings. The third kappa shape index (κ3) is 4.63. The predicted molar refractivity (Wildman–Crippen MR) is 105 cm³/mol. The molecule has 3 rings (SSSR count). The zero-order chi connectivity index (χ0) is 19.4. The molecule has 0 fully saturated rings. The highest BCUT2D eigenvalue weighted by atomic mass is 16.2. The number of nitrogens with zero attached hydrogens (tertiary/aromatic N) is 3. The van der Waals surface area contributed by atoms with Gasteiger partial charge in [0.15, 0.2) is 0 Å². The third-order valence-electron chi connectivity index (χ3n) is 5.16. The fourth-order valence-electron chi connectivity index (χ4n) is 3.42. The molecular weight excluding hydrogens is 340 g/mol. The van der Waals surface area contributed by atoms with Gasteiger partial charge >= 0.3 is 0 Å². The molecule has 0 unspecified atom stereocenters. The minimum Gasteiger partial charge on any atom is -0.352 e. The van der Waals surface area contributed by atoms with E-state index in [0.29, 0.717) is 12.4 Å². The number of rotatable bonds is 6. The van der Waals surface area contributed by atoms with Crippen LogP contribution in [0.4, 0.5) is 0 Å². The Balaban J connectivity index is 1.79. The van der Waals surface area contributed by atoms with Crippen molar-refractivity contribution in [2.45, 2.75) is 59.3 Å². The minimum absolute atomic E-state index is 0.0218. The number of fused-ring (bicyclic) bond motifs is 1. The SMILES string of the molecule is CC[C@@H](C)NC(=O)Cn1c(C)nc2c(c1=O)CN(Cc1ccccc1)CC2. The van der Waals surface area contributed by atoms with E-state index >= 15 is 0 Å². The van der Waals surface area contributed by atoms with Crippen LogP contribution >= 0.6 is 0 Å². The molecular formula is C21H28N4O2. The number of carbonyl (C=O) groups is 1. The van der Waals surface area contributed by atoms with Crippen molar-refractivity contribution >= 4 is 5.91 Å². The molecule has 0 radical (unpaired) electrons. The van der Waals surface area contributed by atoms with Crippen molar-refractivity contribution in [2.75, 3.05) is 6.54 Å². The van der Waals surface area contributed by atoms with Gasteiger partial charge in [-0.25, -0.2) is 4.98 Å². The van der Waals surface area contributed by atoms with Crippen LogP contribution in [0.15, 0.2) is 35.1 Å². The second kappa shape index (κ2) is 8.48.